The summed E-state index contributed by atoms with van der Waals surface area (Å²) in [6.45, 7) is 3.52. The molecule has 1 fully saturated rings. The van der Waals surface area contributed by atoms with Crippen LogP contribution in [0.2, 0.25) is 0 Å². The quantitative estimate of drug-likeness (QED) is 0.824. The zero-order valence-corrected chi connectivity index (χ0v) is 14.2. The molecular formula is C18H22N4O3. The number of nitrogens with one attached hydrogen (secondary N) is 1. The Balaban J connectivity index is 1.99. The van der Waals surface area contributed by atoms with E-state index in [0.29, 0.717) is 5.71 Å². The van der Waals surface area contributed by atoms with Crippen LogP contribution >= 0.6 is 0 Å². The summed E-state index contributed by atoms with van der Waals surface area (Å²) in [7, 11) is 0. The summed E-state index contributed by atoms with van der Waals surface area (Å²) in [6, 6.07) is 9.29. The van der Waals surface area contributed by atoms with Gasteiger partial charge >= 0.3 is 5.69 Å². The number of rotatable bonds is 4. The van der Waals surface area contributed by atoms with E-state index in [1.807, 2.05) is 35.3 Å². The van der Waals surface area contributed by atoms with E-state index in [1.165, 1.54) is 6.42 Å². The maximum absolute atomic E-state index is 12.2. The Kier molecular flexibility index (Phi) is 5.02. The molecule has 0 aliphatic carbocycles. The van der Waals surface area contributed by atoms with E-state index in [9.17, 15) is 14.7 Å². The number of piperidine rings is 1. The predicted molar refractivity (Wildman–Crippen MR) is 96.2 cm³/mol. The number of H-pyrrole nitrogens is 1. The second-order valence-corrected chi connectivity index (χ2v) is 6.23. The van der Waals surface area contributed by atoms with Crippen LogP contribution in [-0.4, -0.2) is 38.5 Å². The molecule has 1 aliphatic heterocycles. The summed E-state index contributed by atoms with van der Waals surface area (Å²) < 4.78 is 1.15. The van der Waals surface area contributed by atoms with Crippen LogP contribution in [0.25, 0.3) is 0 Å². The van der Waals surface area contributed by atoms with Gasteiger partial charge in [0.1, 0.15) is 5.56 Å². The molecule has 1 aromatic carbocycles. The molecule has 0 spiro atoms. The minimum atomic E-state index is -0.638. The third kappa shape index (κ3) is 3.81. The molecule has 0 unspecified atom stereocenters. The largest absolute Gasteiger partial charge is 0.494 e. The fraction of sp³-hybridized carbons (Fsp3) is 0.389. The van der Waals surface area contributed by atoms with Crippen LogP contribution in [0.1, 0.15) is 37.3 Å². The summed E-state index contributed by atoms with van der Waals surface area (Å²) in [5.74, 6) is -0.351. The number of hydrogen-bond acceptors (Lipinski definition) is 5. The van der Waals surface area contributed by atoms with Gasteiger partial charge in [-0.1, -0.05) is 30.3 Å². The molecule has 132 valence electrons. The van der Waals surface area contributed by atoms with Crippen molar-refractivity contribution in [1.29, 1.82) is 0 Å². The molecular weight excluding hydrogens is 320 g/mol. The molecule has 1 aliphatic rings. The Morgan fingerprint density at radius 2 is 1.84 bits per heavy atom. The zero-order chi connectivity index (χ0) is 17.8. The normalized spacial score (nSPS) is 15.4. The second-order valence-electron chi connectivity index (χ2n) is 6.23. The van der Waals surface area contributed by atoms with Crippen LogP contribution in [0.15, 0.2) is 45.0 Å². The Hall–Kier alpha value is -2.83. The van der Waals surface area contributed by atoms with Crippen LogP contribution in [0.3, 0.4) is 0 Å². The first kappa shape index (κ1) is 17.0. The van der Waals surface area contributed by atoms with Gasteiger partial charge in [0.2, 0.25) is 5.88 Å². The second kappa shape index (κ2) is 7.38. The SMILES string of the molecule is CC(=NN1CCCCC1)c1c(O)n(Cc2ccccc2)c(=O)[nH]c1=O. The van der Waals surface area contributed by atoms with Gasteiger partial charge in [0.25, 0.3) is 5.56 Å². The van der Waals surface area contributed by atoms with E-state index in [-0.39, 0.29) is 18.0 Å². The molecule has 2 aromatic rings. The van der Waals surface area contributed by atoms with Crippen LogP contribution in [0.4, 0.5) is 0 Å². The lowest BCUT2D eigenvalue weighted by Gasteiger charge is -2.24. The van der Waals surface area contributed by atoms with Crippen molar-refractivity contribution < 1.29 is 5.11 Å². The van der Waals surface area contributed by atoms with Gasteiger partial charge in [-0.25, -0.2) is 4.79 Å². The summed E-state index contributed by atoms with van der Waals surface area (Å²) in [6.07, 6.45) is 3.30. The monoisotopic (exact) mass is 342 g/mol. The molecule has 7 heteroatoms. The van der Waals surface area contributed by atoms with Gasteiger partial charge in [0.15, 0.2) is 0 Å². The van der Waals surface area contributed by atoms with Crippen molar-refractivity contribution in [2.45, 2.75) is 32.7 Å². The van der Waals surface area contributed by atoms with E-state index in [2.05, 4.69) is 10.1 Å². The van der Waals surface area contributed by atoms with Gasteiger partial charge in [-0.2, -0.15) is 5.10 Å². The first-order valence-corrected chi connectivity index (χ1v) is 8.47. The number of benzene rings is 1. The van der Waals surface area contributed by atoms with Crippen LogP contribution < -0.4 is 11.2 Å². The molecule has 0 atom stereocenters. The highest BCUT2D eigenvalue weighted by molar-refractivity contribution is 6.00. The first-order valence-electron chi connectivity index (χ1n) is 8.47. The summed E-state index contributed by atoms with van der Waals surface area (Å²) in [5, 5.41) is 16.9. The van der Waals surface area contributed by atoms with Crippen molar-refractivity contribution in [2.75, 3.05) is 13.1 Å². The molecule has 2 heterocycles. The fourth-order valence-electron chi connectivity index (χ4n) is 3.04. The summed E-state index contributed by atoms with van der Waals surface area (Å²) in [4.78, 5) is 26.6. The first-order chi connectivity index (χ1) is 12.1. The van der Waals surface area contributed by atoms with E-state index in [4.69, 9.17) is 0 Å². The topological polar surface area (TPSA) is 90.7 Å². The maximum Gasteiger partial charge on any atom is 0.331 e. The lowest BCUT2D eigenvalue weighted by molar-refractivity contribution is 0.239. The molecule has 3 rings (SSSR count). The average Bonchev–Trinajstić information content (AvgIpc) is 2.60. The molecule has 0 amide bonds. The molecule has 0 radical (unpaired) electrons. The number of aromatic amines is 1. The standard InChI is InChI=1S/C18H22N4O3/c1-13(20-21-10-6-3-7-11-21)15-16(23)19-18(25)22(17(15)24)12-14-8-4-2-5-9-14/h2,4-5,8-9,24H,3,6-7,10-12H2,1H3,(H,19,23,25). The molecule has 0 saturated carbocycles. The molecule has 7 nitrogen and oxygen atoms in total. The van der Waals surface area contributed by atoms with Crippen LogP contribution in [0.5, 0.6) is 5.88 Å². The minimum absolute atomic E-state index is 0.0427. The highest BCUT2D eigenvalue weighted by atomic mass is 16.3. The third-order valence-electron chi connectivity index (χ3n) is 4.34. The number of hydrazone groups is 1. The van der Waals surface area contributed by atoms with Gasteiger partial charge in [-0.3, -0.25) is 19.4 Å². The number of aromatic nitrogens is 2. The number of nitrogens with zero attached hydrogens (tertiary/aromatic N) is 3. The van der Waals surface area contributed by atoms with E-state index in [0.717, 1.165) is 36.1 Å². The van der Waals surface area contributed by atoms with Crippen molar-refractivity contribution in [3.8, 4) is 5.88 Å². The van der Waals surface area contributed by atoms with Crippen molar-refractivity contribution in [3.05, 3.63) is 62.3 Å². The maximum atomic E-state index is 12.2. The van der Waals surface area contributed by atoms with Crippen LogP contribution in [-0.2, 0) is 6.54 Å². The van der Waals surface area contributed by atoms with Crippen LogP contribution in [0, 0.1) is 0 Å². The lowest BCUT2D eigenvalue weighted by Crippen LogP contribution is -2.34. The predicted octanol–water partition coefficient (Wildman–Crippen LogP) is 1.50. The Bertz CT molecular complexity index is 877. The number of aromatic hydroxyl groups is 1. The van der Waals surface area contributed by atoms with Gasteiger partial charge in [0, 0.05) is 13.1 Å². The highest BCUT2D eigenvalue weighted by Gasteiger charge is 2.18. The van der Waals surface area contributed by atoms with Crippen molar-refractivity contribution in [3.63, 3.8) is 0 Å². The Morgan fingerprint density at radius 1 is 1.16 bits per heavy atom. The molecule has 1 aromatic heterocycles. The molecule has 0 bridgehead atoms. The summed E-state index contributed by atoms with van der Waals surface area (Å²) in [5.41, 5.74) is 0.0398. The Labute approximate surface area is 145 Å². The van der Waals surface area contributed by atoms with E-state index < -0.39 is 11.2 Å². The minimum Gasteiger partial charge on any atom is -0.494 e. The van der Waals surface area contributed by atoms with Gasteiger partial charge in [-0.05, 0) is 31.7 Å². The Morgan fingerprint density at radius 3 is 2.52 bits per heavy atom. The van der Waals surface area contributed by atoms with Crippen molar-refractivity contribution in [1.82, 2.24) is 14.6 Å². The average molecular weight is 342 g/mol. The van der Waals surface area contributed by atoms with Gasteiger partial charge in [0.05, 0.1) is 12.3 Å². The number of hydrogen-bond donors (Lipinski definition) is 2. The van der Waals surface area contributed by atoms with Crippen molar-refractivity contribution >= 4 is 5.71 Å². The zero-order valence-electron chi connectivity index (χ0n) is 14.2. The summed E-state index contributed by atoms with van der Waals surface area (Å²) >= 11 is 0. The highest BCUT2D eigenvalue weighted by Crippen LogP contribution is 2.15. The third-order valence-corrected chi connectivity index (χ3v) is 4.34. The molecule has 25 heavy (non-hydrogen) atoms. The lowest BCUT2D eigenvalue weighted by atomic mass is 10.1. The van der Waals surface area contributed by atoms with Gasteiger partial charge in [-0.15, -0.1) is 0 Å². The van der Waals surface area contributed by atoms with E-state index >= 15 is 0 Å². The molecule has 1 saturated heterocycles. The smallest absolute Gasteiger partial charge is 0.331 e. The van der Waals surface area contributed by atoms with Gasteiger partial charge < -0.3 is 5.11 Å². The fourth-order valence-corrected chi connectivity index (χ4v) is 3.04. The molecule has 2 N–H and O–H groups in total. The van der Waals surface area contributed by atoms with Crippen molar-refractivity contribution in [2.24, 2.45) is 5.10 Å². The van der Waals surface area contributed by atoms with E-state index in [1.54, 1.807) is 6.92 Å².